The Labute approximate surface area is 92.4 Å². The van der Waals surface area contributed by atoms with Crippen molar-refractivity contribution in [2.24, 2.45) is 0 Å². The van der Waals surface area contributed by atoms with Gasteiger partial charge < -0.3 is 4.74 Å². The van der Waals surface area contributed by atoms with Gasteiger partial charge in [-0.1, -0.05) is 41.9 Å². The molecule has 0 aliphatic carbocycles. The summed E-state index contributed by atoms with van der Waals surface area (Å²) in [6.07, 6.45) is 0. The molecule has 0 aliphatic heterocycles. The van der Waals surface area contributed by atoms with Crippen LogP contribution in [0.2, 0.25) is 5.02 Å². The van der Waals surface area contributed by atoms with Crippen molar-refractivity contribution in [2.45, 2.75) is 0 Å². The standard InChI is InChI=1S/C12H9ClO2/c1-15-12(14)11-9-5-3-2-4-8(9)6-7-10(11)13/h2-7H,1H3. The Bertz CT molecular complexity index is 520. The van der Waals surface area contributed by atoms with Crippen LogP contribution in [0, 0.1) is 0 Å². The van der Waals surface area contributed by atoms with E-state index in [1.165, 1.54) is 7.11 Å². The molecule has 2 aromatic rings. The van der Waals surface area contributed by atoms with Crippen LogP contribution in [-0.4, -0.2) is 13.1 Å². The highest BCUT2D eigenvalue weighted by Gasteiger charge is 2.14. The van der Waals surface area contributed by atoms with Gasteiger partial charge in [-0.05, 0) is 16.8 Å². The Morgan fingerprint density at radius 1 is 1.20 bits per heavy atom. The maximum absolute atomic E-state index is 11.5. The molecule has 0 bridgehead atoms. The van der Waals surface area contributed by atoms with Crippen molar-refractivity contribution in [3.63, 3.8) is 0 Å². The fourth-order valence-corrected chi connectivity index (χ4v) is 1.80. The highest BCUT2D eigenvalue weighted by atomic mass is 35.5. The fourth-order valence-electron chi connectivity index (χ4n) is 1.55. The molecule has 0 heterocycles. The molecule has 2 rings (SSSR count). The molecule has 0 radical (unpaired) electrons. The molecular formula is C12H9ClO2. The minimum atomic E-state index is -0.406. The molecule has 0 fully saturated rings. The number of fused-ring (bicyclic) bond motifs is 1. The summed E-state index contributed by atoms with van der Waals surface area (Å²) in [7, 11) is 1.35. The van der Waals surface area contributed by atoms with Crippen molar-refractivity contribution in [2.75, 3.05) is 7.11 Å². The van der Waals surface area contributed by atoms with Gasteiger partial charge in [-0.2, -0.15) is 0 Å². The van der Waals surface area contributed by atoms with Crippen LogP contribution < -0.4 is 0 Å². The van der Waals surface area contributed by atoms with Crippen LogP contribution >= 0.6 is 11.6 Å². The molecule has 0 amide bonds. The quantitative estimate of drug-likeness (QED) is 0.690. The number of hydrogen-bond donors (Lipinski definition) is 0. The number of benzene rings is 2. The molecule has 0 saturated heterocycles. The van der Waals surface area contributed by atoms with E-state index in [0.29, 0.717) is 10.6 Å². The van der Waals surface area contributed by atoms with Gasteiger partial charge in [-0.3, -0.25) is 0 Å². The molecule has 0 spiro atoms. The van der Waals surface area contributed by atoms with Gasteiger partial charge in [-0.25, -0.2) is 4.79 Å². The van der Waals surface area contributed by atoms with Crippen LogP contribution in [-0.2, 0) is 4.74 Å². The molecular weight excluding hydrogens is 212 g/mol. The number of halogens is 1. The average Bonchev–Trinajstić information content (AvgIpc) is 2.28. The molecule has 2 nitrogen and oxygen atoms in total. The number of carbonyl (C=O) groups is 1. The van der Waals surface area contributed by atoms with E-state index >= 15 is 0 Å². The van der Waals surface area contributed by atoms with Crippen molar-refractivity contribution < 1.29 is 9.53 Å². The molecule has 0 aliphatic rings. The van der Waals surface area contributed by atoms with E-state index in [1.807, 2.05) is 30.3 Å². The van der Waals surface area contributed by atoms with Gasteiger partial charge in [0.2, 0.25) is 0 Å². The Morgan fingerprint density at radius 3 is 2.67 bits per heavy atom. The summed E-state index contributed by atoms with van der Waals surface area (Å²) in [6, 6.07) is 11.1. The third kappa shape index (κ3) is 1.68. The zero-order chi connectivity index (χ0) is 10.8. The zero-order valence-corrected chi connectivity index (χ0v) is 8.91. The van der Waals surface area contributed by atoms with Gasteiger partial charge in [0.05, 0.1) is 17.7 Å². The van der Waals surface area contributed by atoms with Gasteiger partial charge in [0.25, 0.3) is 0 Å². The SMILES string of the molecule is COC(=O)c1c(Cl)ccc2ccccc12. The van der Waals surface area contributed by atoms with Crippen molar-refractivity contribution in [1.82, 2.24) is 0 Å². The van der Waals surface area contributed by atoms with Gasteiger partial charge >= 0.3 is 5.97 Å². The molecule has 0 aromatic heterocycles. The van der Waals surface area contributed by atoms with E-state index in [-0.39, 0.29) is 0 Å². The lowest BCUT2D eigenvalue weighted by molar-refractivity contribution is 0.0603. The van der Waals surface area contributed by atoms with Crippen LogP contribution in [0.15, 0.2) is 36.4 Å². The number of ether oxygens (including phenoxy) is 1. The molecule has 0 N–H and O–H groups in total. The van der Waals surface area contributed by atoms with Gasteiger partial charge in [-0.15, -0.1) is 0 Å². The number of hydrogen-bond acceptors (Lipinski definition) is 2. The highest BCUT2D eigenvalue weighted by molar-refractivity contribution is 6.35. The summed E-state index contributed by atoms with van der Waals surface area (Å²) >= 11 is 5.98. The molecule has 15 heavy (non-hydrogen) atoms. The van der Waals surface area contributed by atoms with Gasteiger partial charge in [0.1, 0.15) is 0 Å². The van der Waals surface area contributed by atoms with Crippen molar-refractivity contribution in [3.05, 3.63) is 47.0 Å². The fraction of sp³-hybridized carbons (Fsp3) is 0.0833. The predicted octanol–water partition coefficient (Wildman–Crippen LogP) is 3.28. The second-order valence-corrected chi connectivity index (χ2v) is 3.54. The van der Waals surface area contributed by atoms with Crippen molar-refractivity contribution in [3.8, 4) is 0 Å². The molecule has 2 aromatic carbocycles. The number of esters is 1. The lowest BCUT2D eigenvalue weighted by Gasteiger charge is -2.06. The normalized spacial score (nSPS) is 10.3. The number of rotatable bonds is 1. The topological polar surface area (TPSA) is 26.3 Å². The summed E-state index contributed by atoms with van der Waals surface area (Å²) in [5, 5.41) is 2.21. The molecule has 0 atom stereocenters. The lowest BCUT2D eigenvalue weighted by Crippen LogP contribution is -2.02. The van der Waals surface area contributed by atoms with Crippen LogP contribution in [0.4, 0.5) is 0 Å². The minimum absolute atomic E-state index is 0.406. The minimum Gasteiger partial charge on any atom is -0.465 e. The Kier molecular flexibility index (Phi) is 2.60. The van der Waals surface area contributed by atoms with Gasteiger partial charge in [0.15, 0.2) is 0 Å². The zero-order valence-electron chi connectivity index (χ0n) is 8.16. The number of carbonyl (C=O) groups excluding carboxylic acids is 1. The Morgan fingerprint density at radius 2 is 1.93 bits per heavy atom. The second-order valence-electron chi connectivity index (χ2n) is 3.14. The monoisotopic (exact) mass is 220 g/mol. The first-order chi connectivity index (χ1) is 7.24. The maximum atomic E-state index is 11.5. The Hall–Kier alpha value is -1.54. The summed E-state index contributed by atoms with van der Waals surface area (Å²) in [4.78, 5) is 11.5. The summed E-state index contributed by atoms with van der Waals surface area (Å²) in [5.41, 5.74) is 0.428. The van der Waals surface area contributed by atoms with Crippen LogP contribution in [0.1, 0.15) is 10.4 Å². The van der Waals surface area contributed by atoms with Crippen molar-refractivity contribution in [1.29, 1.82) is 0 Å². The first-order valence-corrected chi connectivity index (χ1v) is 4.87. The maximum Gasteiger partial charge on any atom is 0.340 e. The van der Waals surface area contributed by atoms with E-state index in [9.17, 15) is 4.79 Å². The van der Waals surface area contributed by atoms with Gasteiger partial charge in [0, 0.05) is 0 Å². The van der Waals surface area contributed by atoms with Crippen LogP contribution in [0.25, 0.3) is 10.8 Å². The predicted molar refractivity (Wildman–Crippen MR) is 60.3 cm³/mol. The van der Waals surface area contributed by atoms with E-state index in [4.69, 9.17) is 16.3 Å². The summed E-state index contributed by atoms with van der Waals surface area (Å²) < 4.78 is 4.70. The molecule has 0 saturated carbocycles. The van der Waals surface area contributed by atoms with Crippen LogP contribution in [0.5, 0.6) is 0 Å². The first-order valence-electron chi connectivity index (χ1n) is 4.49. The molecule has 0 unspecified atom stereocenters. The van der Waals surface area contributed by atoms with E-state index in [1.54, 1.807) is 6.07 Å². The second kappa shape index (κ2) is 3.91. The van der Waals surface area contributed by atoms with Crippen LogP contribution in [0.3, 0.4) is 0 Å². The van der Waals surface area contributed by atoms with E-state index < -0.39 is 5.97 Å². The summed E-state index contributed by atoms with van der Waals surface area (Å²) in [5.74, 6) is -0.406. The van der Waals surface area contributed by atoms with E-state index in [2.05, 4.69) is 0 Å². The third-order valence-corrected chi connectivity index (χ3v) is 2.58. The average molecular weight is 221 g/mol. The lowest BCUT2D eigenvalue weighted by atomic mass is 10.0. The summed E-state index contributed by atoms with van der Waals surface area (Å²) in [6.45, 7) is 0. The third-order valence-electron chi connectivity index (χ3n) is 2.27. The first kappa shape index (κ1) is 9.99. The highest BCUT2D eigenvalue weighted by Crippen LogP contribution is 2.26. The largest absolute Gasteiger partial charge is 0.465 e. The molecule has 76 valence electrons. The van der Waals surface area contributed by atoms with Crippen molar-refractivity contribution >= 4 is 28.3 Å². The number of methoxy groups -OCH3 is 1. The smallest absolute Gasteiger partial charge is 0.340 e. The van der Waals surface area contributed by atoms with E-state index in [0.717, 1.165) is 10.8 Å². The molecule has 3 heteroatoms. The Balaban J connectivity index is 2.79.